The second kappa shape index (κ2) is 8.47. The molecule has 1 aromatic carbocycles. The molecule has 3 aromatic heterocycles. The normalized spacial score (nSPS) is 11.3. The number of ketones is 1. The summed E-state index contributed by atoms with van der Waals surface area (Å²) in [6, 6.07) is 10.5. The fourth-order valence-corrected chi connectivity index (χ4v) is 5.08. The van der Waals surface area contributed by atoms with Crippen molar-refractivity contribution in [2.75, 3.05) is 5.75 Å². The highest BCUT2D eigenvalue weighted by atomic mass is 32.2. The zero-order valence-corrected chi connectivity index (χ0v) is 17.8. The summed E-state index contributed by atoms with van der Waals surface area (Å²) in [6.07, 6.45) is 2.34. The Morgan fingerprint density at radius 1 is 1.17 bits per heavy atom. The Kier molecular flexibility index (Phi) is 5.78. The standard InChI is InChI=1S/C22H20FN3OS2/c1-14-11-19(15(2)26(14)9-7-16-3-5-17(23)6-4-16)20(27)12-29-22-18-8-10-28-21(18)24-13-25-22/h3-6,8,10-11,13H,7,9,12H2,1-2H3. The molecule has 29 heavy (non-hydrogen) atoms. The van der Waals surface area contributed by atoms with E-state index in [4.69, 9.17) is 0 Å². The SMILES string of the molecule is Cc1cc(C(=O)CSc2ncnc3sccc23)c(C)n1CCc1ccc(F)cc1. The Labute approximate surface area is 176 Å². The largest absolute Gasteiger partial charge is 0.348 e. The Balaban J connectivity index is 1.45. The number of rotatable bonds is 7. The van der Waals surface area contributed by atoms with E-state index in [-0.39, 0.29) is 11.6 Å². The summed E-state index contributed by atoms with van der Waals surface area (Å²) in [5.41, 5.74) is 3.86. The molecule has 0 unspecified atom stereocenters. The lowest BCUT2D eigenvalue weighted by atomic mass is 10.1. The molecule has 148 valence electrons. The fourth-order valence-electron chi connectivity index (χ4n) is 3.41. The van der Waals surface area contributed by atoms with E-state index >= 15 is 0 Å². The van der Waals surface area contributed by atoms with Crippen LogP contribution in [0.2, 0.25) is 0 Å². The van der Waals surface area contributed by atoms with E-state index in [1.54, 1.807) is 29.8 Å². The van der Waals surface area contributed by atoms with Gasteiger partial charge in [-0.25, -0.2) is 14.4 Å². The zero-order valence-electron chi connectivity index (χ0n) is 16.2. The van der Waals surface area contributed by atoms with Crippen molar-refractivity contribution < 1.29 is 9.18 Å². The molecule has 4 nitrogen and oxygen atoms in total. The first-order valence-corrected chi connectivity index (χ1v) is 11.1. The van der Waals surface area contributed by atoms with Crippen LogP contribution in [0.25, 0.3) is 10.2 Å². The lowest BCUT2D eigenvalue weighted by Gasteiger charge is -2.10. The molecule has 0 aliphatic rings. The maximum atomic E-state index is 13.1. The van der Waals surface area contributed by atoms with Crippen LogP contribution in [0.3, 0.4) is 0 Å². The van der Waals surface area contributed by atoms with Gasteiger partial charge in [0.25, 0.3) is 0 Å². The Hall–Kier alpha value is -2.51. The molecule has 0 N–H and O–H groups in total. The van der Waals surface area contributed by atoms with Gasteiger partial charge in [0.15, 0.2) is 5.78 Å². The summed E-state index contributed by atoms with van der Waals surface area (Å²) in [5, 5.41) is 3.83. The minimum absolute atomic E-state index is 0.0955. The molecule has 0 bridgehead atoms. The number of thiophene rings is 1. The van der Waals surface area contributed by atoms with Crippen LogP contribution in [0.15, 0.2) is 53.1 Å². The van der Waals surface area contributed by atoms with Crippen LogP contribution < -0.4 is 0 Å². The van der Waals surface area contributed by atoms with E-state index in [0.29, 0.717) is 5.75 Å². The highest BCUT2D eigenvalue weighted by Gasteiger charge is 2.17. The third-order valence-corrected chi connectivity index (χ3v) is 6.80. The fraction of sp³-hybridized carbons (Fsp3) is 0.227. The zero-order chi connectivity index (χ0) is 20.4. The highest BCUT2D eigenvalue weighted by Crippen LogP contribution is 2.28. The van der Waals surface area contributed by atoms with Gasteiger partial charge in [0, 0.05) is 28.9 Å². The number of aryl methyl sites for hydroxylation is 2. The minimum Gasteiger partial charge on any atom is -0.348 e. The lowest BCUT2D eigenvalue weighted by Crippen LogP contribution is -2.08. The van der Waals surface area contributed by atoms with Gasteiger partial charge in [0.05, 0.1) is 5.75 Å². The van der Waals surface area contributed by atoms with Crippen molar-refractivity contribution in [2.24, 2.45) is 0 Å². The van der Waals surface area contributed by atoms with Crippen LogP contribution in [0.4, 0.5) is 4.39 Å². The van der Waals surface area contributed by atoms with Crippen LogP contribution >= 0.6 is 23.1 Å². The highest BCUT2D eigenvalue weighted by molar-refractivity contribution is 8.00. The Bertz CT molecular complexity index is 1160. The van der Waals surface area contributed by atoms with Crippen molar-refractivity contribution in [3.63, 3.8) is 0 Å². The second-order valence-electron chi connectivity index (χ2n) is 6.84. The van der Waals surface area contributed by atoms with Gasteiger partial charge in [-0.05, 0) is 55.5 Å². The van der Waals surface area contributed by atoms with Crippen LogP contribution in [-0.2, 0) is 13.0 Å². The molecule has 7 heteroatoms. The Morgan fingerprint density at radius 3 is 2.76 bits per heavy atom. The summed E-state index contributed by atoms with van der Waals surface area (Å²) < 4.78 is 15.2. The number of carbonyl (C=O) groups is 1. The molecule has 0 aliphatic carbocycles. The summed E-state index contributed by atoms with van der Waals surface area (Å²) in [5.74, 6) is 0.207. The van der Waals surface area contributed by atoms with Crippen molar-refractivity contribution in [3.05, 3.63) is 76.4 Å². The van der Waals surface area contributed by atoms with Gasteiger partial charge in [0.2, 0.25) is 0 Å². The number of Topliss-reactive ketones (excluding diaryl/α,β-unsaturated/α-hetero) is 1. The maximum Gasteiger partial charge on any atom is 0.174 e. The predicted octanol–water partition coefficient (Wildman–Crippen LogP) is 5.47. The number of halogens is 1. The van der Waals surface area contributed by atoms with Gasteiger partial charge in [-0.15, -0.1) is 11.3 Å². The third kappa shape index (κ3) is 4.26. The van der Waals surface area contributed by atoms with E-state index in [1.165, 1.54) is 23.9 Å². The van der Waals surface area contributed by atoms with E-state index < -0.39 is 0 Å². The van der Waals surface area contributed by atoms with E-state index in [2.05, 4.69) is 14.5 Å². The molecule has 0 saturated carbocycles. The van der Waals surface area contributed by atoms with Crippen molar-refractivity contribution in [1.82, 2.24) is 14.5 Å². The number of hydrogen-bond acceptors (Lipinski definition) is 5. The maximum absolute atomic E-state index is 13.1. The first-order chi connectivity index (χ1) is 14.0. The summed E-state index contributed by atoms with van der Waals surface area (Å²) >= 11 is 3.02. The average Bonchev–Trinajstić information content (AvgIpc) is 3.31. The number of hydrogen-bond donors (Lipinski definition) is 0. The van der Waals surface area contributed by atoms with Crippen LogP contribution in [-0.4, -0.2) is 26.1 Å². The number of aromatic nitrogens is 3. The molecule has 0 aliphatic heterocycles. The average molecular weight is 426 g/mol. The lowest BCUT2D eigenvalue weighted by molar-refractivity contribution is 0.102. The summed E-state index contributed by atoms with van der Waals surface area (Å²) in [4.78, 5) is 22.4. The predicted molar refractivity (Wildman–Crippen MR) is 116 cm³/mol. The van der Waals surface area contributed by atoms with Gasteiger partial charge in [-0.2, -0.15) is 0 Å². The molecular weight excluding hydrogens is 405 g/mol. The number of benzene rings is 1. The van der Waals surface area contributed by atoms with E-state index in [0.717, 1.165) is 50.7 Å². The second-order valence-corrected chi connectivity index (χ2v) is 8.70. The molecular formula is C22H20FN3OS2. The van der Waals surface area contributed by atoms with Crippen LogP contribution in [0.5, 0.6) is 0 Å². The number of nitrogens with zero attached hydrogens (tertiary/aromatic N) is 3. The van der Waals surface area contributed by atoms with Crippen molar-refractivity contribution >= 4 is 39.1 Å². The molecule has 0 fully saturated rings. The molecule has 4 aromatic rings. The van der Waals surface area contributed by atoms with Gasteiger partial charge in [-0.1, -0.05) is 23.9 Å². The topological polar surface area (TPSA) is 47.8 Å². The summed E-state index contributed by atoms with van der Waals surface area (Å²) in [7, 11) is 0. The number of thioether (sulfide) groups is 1. The molecule has 0 spiro atoms. The third-order valence-electron chi connectivity index (χ3n) is 4.98. The molecule has 0 atom stereocenters. The quantitative estimate of drug-likeness (QED) is 0.224. The van der Waals surface area contributed by atoms with E-state index in [9.17, 15) is 9.18 Å². The van der Waals surface area contributed by atoms with E-state index in [1.807, 2.05) is 31.4 Å². The first-order valence-electron chi connectivity index (χ1n) is 9.28. The number of carbonyl (C=O) groups excluding carboxylic acids is 1. The van der Waals surface area contributed by atoms with Gasteiger partial charge in [-0.3, -0.25) is 4.79 Å². The minimum atomic E-state index is -0.226. The monoisotopic (exact) mass is 425 g/mol. The molecule has 0 saturated heterocycles. The van der Waals surface area contributed by atoms with Crippen molar-refractivity contribution in [2.45, 2.75) is 31.8 Å². The number of fused-ring (bicyclic) bond motifs is 1. The molecule has 4 rings (SSSR count). The summed E-state index contributed by atoms with van der Waals surface area (Å²) in [6.45, 7) is 4.75. The Morgan fingerprint density at radius 2 is 1.97 bits per heavy atom. The van der Waals surface area contributed by atoms with Gasteiger partial charge >= 0.3 is 0 Å². The molecule has 3 heterocycles. The molecule has 0 radical (unpaired) electrons. The van der Waals surface area contributed by atoms with Crippen molar-refractivity contribution in [1.29, 1.82) is 0 Å². The van der Waals surface area contributed by atoms with Crippen molar-refractivity contribution in [3.8, 4) is 0 Å². The van der Waals surface area contributed by atoms with Crippen LogP contribution in [0, 0.1) is 19.7 Å². The van der Waals surface area contributed by atoms with Crippen LogP contribution in [0.1, 0.15) is 27.3 Å². The van der Waals surface area contributed by atoms with Gasteiger partial charge < -0.3 is 4.57 Å². The molecule has 0 amide bonds. The van der Waals surface area contributed by atoms with Gasteiger partial charge in [0.1, 0.15) is 22.0 Å². The first kappa shape index (κ1) is 19.8. The smallest absolute Gasteiger partial charge is 0.174 e.